The number of carbonyl (C=O) groups excluding carboxylic acids is 1. The normalized spacial score (nSPS) is 20.7. The Labute approximate surface area is 215 Å². The Bertz CT molecular complexity index is 1030. The fourth-order valence-corrected chi connectivity index (χ4v) is 5.34. The van der Waals surface area contributed by atoms with E-state index in [1.807, 2.05) is 31.2 Å². The maximum atomic E-state index is 12.9. The zero-order valence-electron chi connectivity index (χ0n) is 21.7. The van der Waals surface area contributed by atoms with Gasteiger partial charge in [-0.05, 0) is 80.5 Å². The molecule has 7 nitrogen and oxygen atoms in total. The number of ether oxygens (including phenoxy) is 1. The van der Waals surface area contributed by atoms with Crippen molar-refractivity contribution in [2.75, 3.05) is 52.4 Å². The van der Waals surface area contributed by atoms with Gasteiger partial charge >= 0.3 is 0 Å². The van der Waals surface area contributed by atoms with Crippen LogP contribution in [0.15, 0.2) is 36.4 Å². The molecule has 1 amide bonds. The number of benzene rings is 2. The van der Waals surface area contributed by atoms with Crippen LogP contribution in [0.4, 0.5) is 0 Å². The van der Waals surface area contributed by atoms with E-state index in [9.17, 15) is 15.0 Å². The summed E-state index contributed by atoms with van der Waals surface area (Å²) < 4.78 is 6.13. The van der Waals surface area contributed by atoms with Crippen molar-refractivity contribution in [2.24, 2.45) is 0 Å². The van der Waals surface area contributed by atoms with E-state index in [1.54, 1.807) is 0 Å². The largest absolute Gasteiger partial charge is 0.493 e. The Hall–Kier alpha value is -2.45. The number of carbonyl (C=O) groups is 1. The number of nitrogens with zero attached hydrogens (tertiary/aromatic N) is 2. The lowest BCUT2D eigenvalue weighted by Gasteiger charge is -2.18. The monoisotopic (exact) mass is 495 g/mol. The minimum Gasteiger partial charge on any atom is -0.493 e. The van der Waals surface area contributed by atoms with Crippen LogP contribution in [-0.2, 0) is 0 Å². The SMILES string of the molecule is Cc1c(OCCCN2CC[C@@H](O)C2)cccc1-c1cccc(C(=O)NCCCN2CC[C@@H](O)C2)c1C. The molecular weight excluding hydrogens is 454 g/mol. The van der Waals surface area contributed by atoms with Crippen molar-refractivity contribution in [1.82, 2.24) is 15.1 Å². The highest BCUT2D eigenvalue weighted by Gasteiger charge is 2.21. The third-order valence-electron chi connectivity index (χ3n) is 7.46. The molecule has 0 saturated carbocycles. The third-order valence-corrected chi connectivity index (χ3v) is 7.46. The van der Waals surface area contributed by atoms with Gasteiger partial charge in [0.15, 0.2) is 0 Å². The number of likely N-dealkylation sites (tertiary alicyclic amines) is 2. The molecule has 0 aliphatic carbocycles. The van der Waals surface area contributed by atoms with E-state index in [1.165, 1.54) is 0 Å². The molecule has 2 aliphatic heterocycles. The number of hydrogen-bond acceptors (Lipinski definition) is 6. The van der Waals surface area contributed by atoms with Gasteiger partial charge in [0.1, 0.15) is 5.75 Å². The maximum Gasteiger partial charge on any atom is 0.251 e. The predicted octanol–water partition coefficient (Wildman–Crippen LogP) is 2.99. The van der Waals surface area contributed by atoms with Crippen LogP contribution in [0.3, 0.4) is 0 Å². The Morgan fingerprint density at radius 1 is 0.917 bits per heavy atom. The van der Waals surface area contributed by atoms with Crippen LogP contribution >= 0.6 is 0 Å². The van der Waals surface area contributed by atoms with Crippen molar-refractivity contribution in [2.45, 2.75) is 51.7 Å². The second kappa shape index (κ2) is 12.7. The van der Waals surface area contributed by atoms with Gasteiger partial charge in [0.2, 0.25) is 0 Å². The van der Waals surface area contributed by atoms with Crippen molar-refractivity contribution in [3.63, 3.8) is 0 Å². The van der Waals surface area contributed by atoms with E-state index in [0.29, 0.717) is 18.7 Å². The fourth-order valence-electron chi connectivity index (χ4n) is 5.34. The first-order valence-corrected chi connectivity index (χ1v) is 13.3. The van der Waals surface area contributed by atoms with Gasteiger partial charge in [-0.15, -0.1) is 0 Å². The fraction of sp³-hybridized carbons (Fsp3) is 0.552. The highest BCUT2D eigenvalue weighted by Crippen LogP contribution is 2.33. The van der Waals surface area contributed by atoms with Gasteiger partial charge in [-0.25, -0.2) is 0 Å². The van der Waals surface area contributed by atoms with E-state index in [-0.39, 0.29) is 18.1 Å². The first-order valence-electron chi connectivity index (χ1n) is 13.3. The summed E-state index contributed by atoms with van der Waals surface area (Å²) in [5.41, 5.74) is 4.85. The minimum absolute atomic E-state index is 0.0482. The number of nitrogens with one attached hydrogen (secondary N) is 1. The zero-order valence-corrected chi connectivity index (χ0v) is 21.7. The Balaban J connectivity index is 1.33. The molecule has 196 valence electrons. The molecule has 2 atom stereocenters. The van der Waals surface area contributed by atoms with Crippen molar-refractivity contribution >= 4 is 5.91 Å². The molecule has 2 aliphatic rings. The summed E-state index contributed by atoms with van der Waals surface area (Å²) in [5.74, 6) is 0.822. The molecule has 0 unspecified atom stereocenters. The average Bonchev–Trinajstić information content (AvgIpc) is 3.48. The summed E-state index contributed by atoms with van der Waals surface area (Å²) in [6, 6.07) is 12.0. The summed E-state index contributed by atoms with van der Waals surface area (Å²) in [6.45, 7) is 10.6. The zero-order chi connectivity index (χ0) is 25.5. The summed E-state index contributed by atoms with van der Waals surface area (Å²) >= 11 is 0. The molecule has 0 aromatic heterocycles. The van der Waals surface area contributed by atoms with Crippen LogP contribution in [0, 0.1) is 13.8 Å². The highest BCUT2D eigenvalue weighted by atomic mass is 16.5. The quantitative estimate of drug-likeness (QED) is 0.416. The second-order valence-electron chi connectivity index (χ2n) is 10.2. The number of β-amino-alcohol motifs (C(OH)–C–C–N with tert-alkyl or cyclic N) is 2. The van der Waals surface area contributed by atoms with Crippen LogP contribution in [0.5, 0.6) is 5.75 Å². The van der Waals surface area contributed by atoms with Gasteiger partial charge in [-0.1, -0.05) is 24.3 Å². The number of hydrogen-bond donors (Lipinski definition) is 3. The average molecular weight is 496 g/mol. The molecule has 2 fully saturated rings. The van der Waals surface area contributed by atoms with Crippen LogP contribution < -0.4 is 10.1 Å². The topological polar surface area (TPSA) is 85.3 Å². The molecule has 4 rings (SSSR count). The summed E-state index contributed by atoms with van der Waals surface area (Å²) in [6.07, 6.45) is 3.10. The van der Waals surface area contributed by atoms with Crippen LogP contribution in [0.25, 0.3) is 11.1 Å². The molecule has 2 saturated heterocycles. The Morgan fingerprint density at radius 2 is 1.53 bits per heavy atom. The van der Waals surface area contributed by atoms with E-state index in [2.05, 4.69) is 34.2 Å². The van der Waals surface area contributed by atoms with Crippen LogP contribution in [0.2, 0.25) is 0 Å². The van der Waals surface area contributed by atoms with Crippen molar-refractivity contribution in [3.05, 3.63) is 53.1 Å². The Kier molecular flexibility index (Phi) is 9.37. The minimum atomic E-state index is -0.206. The number of rotatable bonds is 11. The van der Waals surface area contributed by atoms with Crippen LogP contribution in [-0.4, -0.2) is 90.5 Å². The lowest BCUT2D eigenvalue weighted by atomic mass is 9.93. The number of amides is 1. The van der Waals surface area contributed by atoms with Gasteiger partial charge in [-0.2, -0.15) is 0 Å². The first kappa shape index (κ1) is 26.6. The maximum absolute atomic E-state index is 12.9. The number of aliphatic hydroxyl groups is 2. The van der Waals surface area contributed by atoms with Crippen molar-refractivity contribution < 1.29 is 19.7 Å². The van der Waals surface area contributed by atoms with Gasteiger partial charge < -0.3 is 30.1 Å². The van der Waals surface area contributed by atoms with Crippen molar-refractivity contribution in [3.8, 4) is 16.9 Å². The molecule has 2 heterocycles. The predicted molar refractivity (Wildman–Crippen MR) is 143 cm³/mol. The van der Waals surface area contributed by atoms with Crippen molar-refractivity contribution in [1.29, 1.82) is 0 Å². The summed E-state index contributed by atoms with van der Waals surface area (Å²) in [4.78, 5) is 17.5. The smallest absolute Gasteiger partial charge is 0.251 e. The van der Waals surface area contributed by atoms with E-state index < -0.39 is 0 Å². The third kappa shape index (κ3) is 6.85. The van der Waals surface area contributed by atoms with E-state index in [4.69, 9.17) is 4.74 Å². The molecule has 2 aromatic carbocycles. The second-order valence-corrected chi connectivity index (χ2v) is 10.2. The Morgan fingerprint density at radius 3 is 2.17 bits per heavy atom. The van der Waals surface area contributed by atoms with E-state index in [0.717, 1.165) is 93.0 Å². The lowest BCUT2D eigenvalue weighted by molar-refractivity contribution is 0.0951. The van der Waals surface area contributed by atoms with Gasteiger partial charge in [0, 0.05) is 44.8 Å². The summed E-state index contributed by atoms with van der Waals surface area (Å²) in [5, 5.41) is 22.4. The molecular formula is C29H41N3O4. The lowest BCUT2D eigenvalue weighted by Crippen LogP contribution is -2.29. The number of aliphatic hydroxyl groups excluding tert-OH is 2. The first-order chi connectivity index (χ1) is 17.4. The molecule has 3 N–H and O–H groups in total. The molecule has 0 radical (unpaired) electrons. The molecule has 0 bridgehead atoms. The summed E-state index contributed by atoms with van der Waals surface area (Å²) in [7, 11) is 0. The molecule has 0 spiro atoms. The highest BCUT2D eigenvalue weighted by molar-refractivity contribution is 5.97. The van der Waals surface area contributed by atoms with Gasteiger partial charge in [-0.3, -0.25) is 4.79 Å². The molecule has 36 heavy (non-hydrogen) atoms. The van der Waals surface area contributed by atoms with E-state index >= 15 is 0 Å². The molecule has 2 aromatic rings. The van der Waals surface area contributed by atoms with Gasteiger partial charge in [0.05, 0.1) is 18.8 Å². The standard InChI is InChI=1S/C29H41N3O4/c1-21-25(7-3-9-27(21)29(35)30-13-5-14-31-16-11-23(33)19-31)26-8-4-10-28(22(26)2)36-18-6-15-32-17-12-24(34)20-32/h3-4,7-10,23-24,33-34H,5-6,11-20H2,1-2H3,(H,30,35)/t23-,24-/m1/s1. The van der Waals surface area contributed by atoms with Gasteiger partial charge in [0.25, 0.3) is 5.91 Å². The van der Waals surface area contributed by atoms with Crippen LogP contribution in [0.1, 0.15) is 47.2 Å². The molecule has 7 heteroatoms.